The molecule has 1 N–H and O–H groups in total. The summed E-state index contributed by atoms with van der Waals surface area (Å²) in [7, 11) is 0. The van der Waals surface area contributed by atoms with Gasteiger partial charge in [-0.1, -0.05) is 35.9 Å². The quantitative estimate of drug-likeness (QED) is 0.467. The Morgan fingerprint density at radius 2 is 2.00 bits per heavy atom. The first-order valence-corrected chi connectivity index (χ1v) is 4.39. The topological polar surface area (TPSA) is 46.0 Å². The highest BCUT2D eigenvalue weighted by Crippen LogP contribution is 2.28. The first-order valence-electron chi connectivity index (χ1n) is 4.02. The molecule has 2 rings (SSSR count). The van der Waals surface area contributed by atoms with E-state index in [0.717, 1.165) is 17.2 Å². The number of rotatable bonds is 2. The molecule has 70 valence electrons. The number of fused-ring (bicyclic) bond motifs is 1. The first-order chi connectivity index (χ1) is 6.83. The van der Waals surface area contributed by atoms with Crippen LogP contribution in [0.2, 0.25) is 5.15 Å². The van der Waals surface area contributed by atoms with Crippen LogP contribution in [0.1, 0.15) is 0 Å². The molecule has 0 atom stereocenters. The lowest BCUT2D eigenvalue weighted by Crippen LogP contribution is -1.90. The van der Waals surface area contributed by atoms with Crippen LogP contribution in [0.5, 0.6) is 5.75 Å². The molecule has 0 aliphatic rings. The Morgan fingerprint density at radius 1 is 1.29 bits per heavy atom. The molecular weight excluding hydrogens is 200 g/mol. The fourth-order valence-electron chi connectivity index (χ4n) is 1.29. The Hall–Kier alpha value is -1.61. The predicted molar refractivity (Wildman–Crippen MR) is 56.2 cm³/mol. The van der Waals surface area contributed by atoms with Crippen molar-refractivity contribution in [2.24, 2.45) is 0 Å². The van der Waals surface area contributed by atoms with Crippen molar-refractivity contribution in [1.29, 1.82) is 5.41 Å². The highest BCUT2D eigenvalue weighted by Gasteiger charge is 2.04. The van der Waals surface area contributed by atoms with Crippen LogP contribution in [-0.2, 0) is 0 Å². The van der Waals surface area contributed by atoms with Crippen LogP contribution in [-0.4, -0.2) is 11.4 Å². The Balaban J connectivity index is 2.74. The van der Waals surface area contributed by atoms with E-state index in [9.17, 15) is 0 Å². The van der Waals surface area contributed by atoms with E-state index in [4.69, 9.17) is 21.7 Å². The molecule has 2 aromatic rings. The van der Waals surface area contributed by atoms with E-state index in [1.54, 1.807) is 0 Å². The summed E-state index contributed by atoms with van der Waals surface area (Å²) in [5.41, 5.74) is 0. The van der Waals surface area contributed by atoms with E-state index in [1.807, 2.05) is 24.3 Å². The highest BCUT2D eigenvalue weighted by atomic mass is 35.5. The fraction of sp³-hybridized carbons (Fsp3) is 0. The van der Waals surface area contributed by atoms with Crippen LogP contribution in [0.4, 0.5) is 0 Å². The van der Waals surface area contributed by atoms with Gasteiger partial charge in [0.25, 0.3) is 0 Å². The molecule has 14 heavy (non-hydrogen) atoms. The van der Waals surface area contributed by atoms with Gasteiger partial charge >= 0.3 is 0 Å². The summed E-state index contributed by atoms with van der Waals surface area (Å²) in [6, 6.07) is 7.50. The van der Waals surface area contributed by atoms with Crippen molar-refractivity contribution in [3.63, 3.8) is 0 Å². The van der Waals surface area contributed by atoms with Crippen molar-refractivity contribution in [2.45, 2.75) is 0 Å². The summed E-state index contributed by atoms with van der Waals surface area (Å²) in [5.74, 6) is 0.542. The van der Waals surface area contributed by atoms with Crippen LogP contribution < -0.4 is 4.74 Å². The molecule has 1 aromatic heterocycles. The van der Waals surface area contributed by atoms with Gasteiger partial charge in [0.1, 0.15) is 5.15 Å². The second kappa shape index (κ2) is 3.64. The molecule has 0 fully saturated rings. The Bertz CT molecular complexity index is 485. The van der Waals surface area contributed by atoms with Crippen LogP contribution in [0.3, 0.4) is 0 Å². The minimum absolute atomic E-state index is 0.443. The van der Waals surface area contributed by atoms with Gasteiger partial charge in [-0.05, 0) is 0 Å². The maximum Gasteiger partial charge on any atom is 0.173 e. The molecular formula is C10H7ClN2O. The molecule has 0 saturated heterocycles. The van der Waals surface area contributed by atoms with Crippen LogP contribution in [0, 0.1) is 5.41 Å². The highest BCUT2D eigenvalue weighted by molar-refractivity contribution is 6.34. The Kier molecular flexibility index (Phi) is 2.33. The minimum Gasteiger partial charge on any atom is -0.444 e. The molecule has 0 amide bonds. The third-order valence-electron chi connectivity index (χ3n) is 1.90. The van der Waals surface area contributed by atoms with E-state index < -0.39 is 0 Å². The lowest BCUT2D eigenvalue weighted by molar-refractivity contribution is 0.574. The fourth-order valence-corrected chi connectivity index (χ4v) is 1.50. The average Bonchev–Trinajstić information content (AvgIpc) is 2.23. The van der Waals surface area contributed by atoms with Gasteiger partial charge in [0.15, 0.2) is 12.2 Å². The molecule has 0 aliphatic heterocycles. The van der Waals surface area contributed by atoms with Gasteiger partial charge in [-0.3, -0.25) is 5.41 Å². The number of nitrogens with one attached hydrogen (secondary N) is 1. The van der Waals surface area contributed by atoms with Crippen LogP contribution in [0.15, 0.2) is 30.5 Å². The zero-order valence-corrected chi connectivity index (χ0v) is 7.95. The van der Waals surface area contributed by atoms with Gasteiger partial charge in [-0.15, -0.1) is 0 Å². The zero-order valence-electron chi connectivity index (χ0n) is 7.20. The number of aromatic nitrogens is 1. The van der Waals surface area contributed by atoms with Crippen molar-refractivity contribution < 1.29 is 4.74 Å². The number of hydrogen-bond donors (Lipinski definition) is 1. The smallest absolute Gasteiger partial charge is 0.173 e. The molecule has 1 heterocycles. The number of ether oxygens (including phenoxy) is 1. The van der Waals surface area contributed by atoms with E-state index in [2.05, 4.69) is 4.98 Å². The predicted octanol–water partition coefficient (Wildman–Crippen LogP) is 2.87. The van der Waals surface area contributed by atoms with Crippen LogP contribution >= 0.6 is 11.6 Å². The Labute approximate surface area is 85.8 Å². The standard InChI is InChI=1S/C10H7ClN2O/c11-10-8-4-2-1-3-7(8)9(5-13-10)14-6-12/h1-6,12H. The number of pyridine rings is 1. The van der Waals surface area contributed by atoms with Gasteiger partial charge < -0.3 is 4.74 Å². The maximum absolute atomic E-state index is 6.86. The summed E-state index contributed by atoms with van der Waals surface area (Å²) in [4.78, 5) is 3.96. The number of benzene rings is 1. The van der Waals surface area contributed by atoms with Gasteiger partial charge in [-0.2, -0.15) is 0 Å². The van der Waals surface area contributed by atoms with Crippen LogP contribution in [0.25, 0.3) is 10.8 Å². The second-order valence-electron chi connectivity index (χ2n) is 2.69. The molecule has 4 heteroatoms. The lowest BCUT2D eigenvalue weighted by Gasteiger charge is -2.04. The molecule has 0 aliphatic carbocycles. The monoisotopic (exact) mass is 206 g/mol. The normalized spacial score (nSPS) is 10.1. The Morgan fingerprint density at radius 3 is 2.71 bits per heavy atom. The maximum atomic E-state index is 6.86. The average molecular weight is 207 g/mol. The van der Waals surface area contributed by atoms with Crippen molar-refractivity contribution in [3.8, 4) is 5.75 Å². The van der Waals surface area contributed by atoms with E-state index >= 15 is 0 Å². The first kappa shape index (κ1) is 8.97. The molecule has 0 spiro atoms. The van der Waals surface area contributed by atoms with E-state index in [0.29, 0.717) is 10.9 Å². The number of nitrogens with zero attached hydrogens (tertiary/aromatic N) is 1. The van der Waals surface area contributed by atoms with Gasteiger partial charge in [0.2, 0.25) is 0 Å². The summed E-state index contributed by atoms with van der Waals surface area (Å²) in [6.45, 7) is 0. The zero-order chi connectivity index (χ0) is 9.97. The van der Waals surface area contributed by atoms with Gasteiger partial charge in [0.05, 0.1) is 6.20 Å². The lowest BCUT2D eigenvalue weighted by atomic mass is 10.2. The SMILES string of the molecule is N=COc1cnc(Cl)c2ccccc12. The summed E-state index contributed by atoms with van der Waals surface area (Å²) in [5, 5.41) is 8.99. The van der Waals surface area contributed by atoms with Crippen molar-refractivity contribution in [2.75, 3.05) is 0 Å². The van der Waals surface area contributed by atoms with E-state index in [1.165, 1.54) is 6.20 Å². The van der Waals surface area contributed by atoms with Crippen molar-refractivity contribution >= 4 is 28.8 Å². The molecule has 0 bridgehead atoms. The largest absolute Gasteiger partial charge is 0.444 e. The molecule has 0 saturated carbocycles. The summed E-state index contributed by atoms with van der Waals surface area (Å²) >= 11 is 5.91. The molecule has 1 aromatic carbocycles. The second-order valence-corrected chi connectivity index (χ2v) is 3.05. The number of halogens is 1. The van der Waals surface area contributed by atoms with Crippen molar-refractivity contribution in [3.05, 3.63) is 35.6 Å². The third kappa shape index (κ3) is 1.42. The third-order valence-corrected chi connectivity index (χ3v) is 2.20. The molecule has 3 nitrogen and oxygen atoms in total. The van der Waals surface area contributed by atoms with Gasteiger partial charge in [-0.25, -0.2) is 4.98 Å². The van der Waals surface area contributed by atoms with Gasteiger partial charge in [0, 0.05) is 10.8 Å². The summed E-state index contributed by atoms with van der Waals surface area (Å²) in [6.07, 6.45) is 2.38. The summed E-state index contributed by atoms with van der Waals surface area (Å²) < 4.78 is 4.99. The number of hydrogen-bond acceptors (Lipinski definition) is 3. The molecule has 0 unspecified atom stereocenters. The minimum atomic E-state index is 0.443. The van der Waals surface area contributed by atoms with Crippen molar-refractivity contribution in [1.82, 2.24) is 4.98 Å². The molecule has 0 radical (unpaired) electrons. The van der Waals surface area contributed by atoms with E-state index in [-0.39, 0.29) is 0 Å².